The Morgan fingerprint density at radius 2 is 2.15 bits per heavy atom. The third-order valence-electron chi connectivity index (χ3n) is 2.95. The van der Waals surface area contributed by atoms with E-state index in [0.29, 0.717) is 11.9 Å². The summed E-state index contributed by atoms with van der Waals surface area (Å²) in [6.45, 7) is 3.31. The van der Waals surface area contributed by atoms with Gasteiger partial charge in [-0.1, -0.05) is 18.2 Å². The number of fused-ring (bicyclic) bond motifs is 1. The lowest BCUT2D eigenvalue weighted by Gasteiger charge is -2.03. The largest absolute Gasteiger partial charge is 0.362 e. The Morgan fingerprint density at radius 1 is 1.30 bits per heavy atom. The predicted molar refractivity (Wildman–Crippen MR) is 81.4 cm³/mol. The quantitative estimate of drug-likeness (QED) is 0.799. The van der Waals surface area contributed by atoms with Gasteiger partial charge < -0.3 is 5.32 Å². The van der Waals surface area contributed by atoms with Gasteiger partial charge in [-0.05, 0) is 13.0 Å². The maximum absolute atomic E-state index is 12.3. The lowest BCUT2D eigenvalue weighted by molar-refractivity contribution is 0.653. The van der Waals surface area contributed by atoms with Gasteiger partial charge in [-0.3, -0.25) is 4.79 Å². The fourth-order valence-corrected chi connectivity index (χ4v) is 2.86. The Hall–Kier alpha value is -2.21. The van der Waals surface area contributed by atoms with Crippen molar-refractivity contribution in [3.8, 4) is 0 Å². The minimum absolute atomic E-state index is 0.0681. The van der Waals surface area contributed by atoms with Crippen molar-refractivity contribution >= 4 is 27.2 Å². The number of anilines is 1. The summed E-state index contributed by atoms with van der Waals surface area (Å²) >= 11 is 1.54. The van der Waals surface area contributed by atoms with Crippen LogP contribution in [0.25, 0.3) is 10.8 Å². The molecule has 20 heavy (non-hydrogen) atoms. The van der Waals surface area contributed by atoms with Crippen LogP contribution in [0.3, 0.4) is 0 Å². The SMILES string of the molecule is CCNc1ncc(Cn2ncc3ccccc3c2=O)s1. The van der Waals surface area contributed by atoms with Crippen molar-refractivity contribution in [1.82, 2.24) is 14.8 Å². The number of nitrogens with zero attached hydrogens (tertiary/aromatic N) is 3. The standard InChI is InChI=1S/C14H14N4OS/c1-2-15-14-16-8-11(20-14)9-18-13(19)12-6-4-3-5-10(12)7-17-18/h3-8H,2,9H2,1H3,(H,15,16). The molecule has 0 atom stereocenters. The molecule has 0 aliphatic rings. The Balaban J connectivity index is 1.94. The van der Waals surface area contributed by atoms with Crippen molar-refractivity contribution in [2.24, 2.45) is 0 Å². The number of aromatic nitrogens is 3. The molecular formula is C14H14N4OS. The van der Waals surface area contributed by atoms with E-state index in [0.717, 1.165) is 21.9 Å². The number of hydrogen-bond donors (Lipinski definition) is 1. The number of hydrogen-bond acceptors (Lipinski definition) is 5. The van der Waals surface area contributed by atoms with Crippen LogP contribution in [0.15, 0.2) is 41.5 Å². The lowest BCUT2D eigenvalue weighted by Crippen LogP contribution is -2.22. The summed E-state index contributed by atoms with van der Waals surface area (Å²) in [5, 5.41) is 9.81. The van der Waals surface area contributed by atoms with E-state index in [4.69, 9.17) is 0 Å². The summed E-state index contributed by atoms with van der Waals surface area (Å²) < 4.78 is 1.48. The fraction of sp³-hybridized carbons (Fsp3) is 0.214. The third kappa shape index (κ3) is 2.42. The van der Waals surface area contributed by atoms with Crippen LogP contribution >= 0.6 is 11.3 Å². The van der Waals surface area contributed by atoms with Crippen LogP contribution in [-0.4, -0.2) is 21.3 Å². The molecule has 6 heteroatoms. The Kier molecular flexibility index (Phi) is 3.47. The maximum Gasteiger partial charge on any atom is 0.274 e. The van der Waals surface area contributed by atoms with Crippen molar-refractivity contribution in [3.63, 3.8) is 0 Å². The van der Waals surface area contributed by atoms with Gasteiger partial charge >= 0.3 is 0 Å². The summed E-state index contributed by atoms with van der Waals surface area (Å²) in [6, 6.07) is 7.49. The van der Waals surface area contributed by atoms with Crippen LogP contribution < -0.4 is 10.9 Å². The number of rotatable bonds is 4. The monoisotopic (exact) mass is 286 g/mol. The number of nitrogens with one attached hydrogen (secondary N) is 1. The molecule has 0 spiro atoms. The van der Waals surface area contributed by atoms with Gasteiger partial charge in [-0.15, -0.1) is 11.3 Å². The van der Waals surface area contributed by atoms with Crippen LogP contribution in [-0.2, 0) is 6.54 Å². The van der Waals surface area contributed by atoms with Gasteiger partial charge in [-0.2, -0.15) is 5.10 Å². The normalized spacial score (nSPS) is 10.8. The topological polar surface area (TPSA) is 59.8 Å². The molecule has 1 aromatic carbocycles. The average Bonchev–Trinajstić information content (AvgIpc) is 2.90. The van der Waals surface area contributed by atoms with Crippen LogP contribution in [0.5, 0.6) is 0 Å². The molecule has 0 bridgehead atoms. The van der Waals surface area contributed by atoms with Gasteiger partial charge in [0.25, 0.3) is 5.56 Å². The zero-order chi connectivity index (χ0) is 13.9. The highest BCUT2D eigenvalue weighted by atomic mass is 32.1. The highest BCUT2D eigenvalue weighted by molar-refractivity contribution is 7.15. The molecule has 1 N–H and O–H groups in total. The van der Waals surface area contributed by atoms with Crippen molar-refractivity contribution < 1.29 is 0 Å². The second-order valence-electron chi connectivity index (χ2n) is 4.36. The van der Waals surface area contributed by atoms with E-state index in [1.54, 1.807) is 23.7 Å². The molecule has 0 saturated heterocycles. The average molecular weight is 286 g/mol. The molecule has 0 saturated carbocycles. The molecular weight excluding hydrogens is 272 g/mol. The van der Waals surface area contributed by atoms with Crippen molar-refractivity contribution in [3.05, 3.63) is 51.9 Å². The van der Waals surface area contributed by atoms with E-state index in [-0.39, 0.29) is 5.56 Å². The second kappa shape index (κ2) is 5.42. The first kappa shape index (κ1) is 12.8. The molecule has 102 valence electrons. The summed E-state index contributed by atoms with van der Waals surface area (Å²) in [7, 11) is 0. The van der Waals surface area contributed by atoms with E-state index in [2.05, 4.69) is 15.4 Å². The first-order chi connectivity index (χ1) is 9.78. The maximum atomic E-state index is 12.3. The van der Waals surface area contributed by atoms with E-state index in [1.807, 2.05) is 31.2 Å². The predicted octanol–water partition coefficient (Wildman–Crippen LogP) is 2.33. The molecule has 3 aromatic rings. The third-order valence-corrected chi connectivity index (χ3v) is 3.89. The van der Waals surface area contributed by atoms with Gasteiger partial charge in [-0.25, -0.2) is 9.67 Å². The Morgan fingerprint density at radius 3 is 3.00 bits per heavy atom. The minimum Gasteiger partial charge on any atom is -0.362 e. The summed E-state index contributed by atoms with van der Waals surface area (Å²) in [5.41, 5.74) is -0.0681. The van der Waals surface area contributed by atoms with E-state index in [9.17, 15) is 4.79 Å². The van der Waals surface area contributed by atoms with Crippen LogP contribution in [0, 0.1) is 0 Å². The molecule has 2 aromatic heterocycles. The molecule has 3 rings (SSSR count). The highest BCUT2D eigenvalue weighted by Gasteiger charge is 2.06. The number of benzene rings is 1. The van der Waals surface area contributed by atoms with Gasteiger partial charge in [0.05, 0.1) is 18.1 Å². The van der Waals surface area contributed by atoms with Gasteiger partial charge in [0.15, 0.2) is 5.13 Å². The van der Waals surface area contributed by atoms with Gasteiger partial charge in [0.1, 0.15) is 0 Å². The second-order valence-corrected chi connectivity index (χ2v) is 5.47. The lowest BCUT2D eigenvalue weighted by atomic mass is 10.2. The minimum atomic E-state index is -0.0681. The molecule has 2 heterocycles. The van der Waals surface area contributed by atoms with Crippen molar-refractivity contribution in [2.45, 2.75) is 13.5 Å². The van der Waals surface area contributed by atoms with E-state index < -0.39 is 0 Å². The first-order valence-electron chi connectivity index (χ1n) is 6.41. The smallest absolute Gasteiger partial charge is 0.274 e. The number of thiazole rings is 1. The van der Waals surface area contributed by atoms with Crippen LogP contribution in [0.1, 0.15) is 11.8 Å². The van der Waals surface area contributed by atoms with Crippen molar-refractivity contribution in [2.75, 3.05) is 11.9 Å². The van der Waals surface area contributed by atoms with E-state index >= 15 is 0 Å². The van der Waals surface area contributed by atoms with Crippen LogP contribution in [0.2, 0.25) is 0 Å². The molecule has 0 amide bonds. The van der Waals surface area contributed by atoms with Gasteiger partial charge in [0, 0.05) is 23.0 Å². The zero-order valence-electron chi connectivity index (χ0n) is 11.0. The Bertz CT molecular complexity index is 793. The zero-order valence-corrected chi connectivity index (χ0v) is 11.9. The molecule has 5 nitrogen and oxygen atoms in total. The molecule has 0 aliphatic heterocycles. The van der Waals surface area contributed by atoms with Crippen molar-refractivity contribution in [1.29, 1.82) is 0 Å². The molecule has 0 aliphatic carbocycles. The van der Waals surface area contributed by atoms with Gasteiger partial charge in [0.2, 0.25) is 0 Å². The molecule has 0 unspecified atom stereocenters. The molecule has 0 radical (unpaired) electrons. The summed E-state index contributed by atoms with van der Waals surface area (Å²) in [5.74, 6) is 0. The van der Waals surface area contributed by atoms with Crippen LogP contribution in [0.4, 0.5) is 5.13 Å². The first-order valence-corrected chi connectivity index (χ1v) is 7.23. The highest BCUT2D eigenvalue weighted by Crippen LogP contribution is 2.18. The molecule has 0 fully saturated rings. The van der Waals surface area contributed by atoms with E-state index in [1.165, 1.54) is 4.68 Å². The summed E-state index contributed by atoms with van der Waals surface area (Å²) in [6.07, 6.45) is 3.51. The Labute approximate surface area is 119 Å². The summed E-state index contributed by atoms with van der Waals surface area (Å²) in [4.78, 5) is 17.6. The fourth-order valence-electron chi connectivity index (χ4n) is 2.00.